The van der Waals surface area contributed by atoms with Crippen LogP contribution in [0.3, 0.4) is 0 Å². The van der Waals surface area contributed by atoms with Crippen molar-refractivity contribution in [2.45, 2.75) is 13.8 Å². The maximum absolute atomic E-state index is 12.1. The Kier molecular flexibility index (Phi) is 10.1. The first-order valence-electron chi connectivity index (χ1n) is 11.6. The van der Waals surface area contributed by atoms with Crippen LogP contribution in [0.2, 0.25) is 0 Å². The minimum atomic E-state index is -1.05. The van der Waals surface area contributed by atoms with E-state index in [1.165, 1.54) is 0 Å². The molecule has 7 nitrogen and oxygen atoms in total. The van der Waals surface area contributed by atoms with Gasteiger partial charge in [0.2, 0.25) is 0 Å². The molecule has 3 aromatic rings. The molecule has 0 saturated heterocycles. The molecule has 0 amide bonds. The summed E-state index contributed by atoms with van der Waals surface area (Å²) in [5.41, 5.74) is 4.99. The normalized spacial score (nSPS) is 10.8. The van der Waals surface area contributed by atoms with Crippen LogP contribution in [0, 0.1) is 13.8 Å². The number of methoxy groups -OCH3 is 1. The summed E-state index contributed by atoms with van der Waals surface area (Å²) in [7, 11) is 1.62. The van der Waals surface area contributed by atoms with E-state index in [-0.39, 0.29) is 12.2 Å². The minimum absolute atomic E-state index is 0.0922. The number of benzene rings is 3. The molecule has 0 aliphatic rings. The molecule has 186 valence electrons. The van der Waals surface area contributed by atoms with Gasteiger partial charge in [-0.1, -0.05) is 35.4 Å². The number of rotatable bonds is 14. The van der Waals surface area contributed by atoms with Gasteiger partial charge in [-0.3, -0.25) is 0 Å². The van der Waals surface area contributed by atoms with Gasteiger partial charge in [0, 0.05) is 24.2 Å². The zero-order chi connectivity index (χ0) is 25.0. The maximum Gasteiger partial charge on any atom is 0.339 e. The van der Waals surface area contributed by atoms with Crippen molar-refractivity contribution in [1.82, 2.24) is 0 Å². The van der Waals surface area contributed by atoms with Gasteiger partial charge in [-0.2, -0.15) is 0 Å². The van der Waals surface area contributed by atoms with Crippen molar-refractivity contribution >= 4 is 23.0 Å². The van der Waals surface area contributed by atoms with Crippen LogP contribution >= 0.6 is 0 Å². The third-order valence-electron chi connectivity index (χ3n) is 5.33. The van der Waals surface area contributed by atoms with Gasteiger partial charge >= 0.3 is 5.97 Å². The molecule has 7 heteroatoms. The Labute approximate surface area is 206 Å². The second kappa shape index (κ2) is 13.5. The van der Waals surface area contributed by atoms with Crippen molar-refractivity contribution in [3.8, 4) is 5.75 Å². The van der Waals surface area contributed by atoms with Gasteiger partial charge in [-0.25, -0.2) is 4.79 Å². The molecule has 1 N–H and O–H groups in total. The first-order valence-corrected chi connectivity index (χ1v) is 11.6. The smallest absolute Gasteiger partial charge is 0.339 e. The van der Waals surface area contributed by atoms with Crippen LogP contribution in [0.1, 0.15) is 21.5 Å². The van der Waals surface area contributed by atoms with E-state index in [0.717, 1.165) is 28.2 Å². The lowest BCUT2D eigenvalue weighted by atomic mass is 10.1. The topological polar surface area (TPSA) is 77.5 Å². The fraction of sp³-hybridized carbons (Fsp3) is 0.321. The Hall–Kier alpha value is -3.39. The van der Waals surface area contributed by atoms with Crippen LogP contribution in [0.25, 0.3) is 0 Å². The first-order chi connectivity index (χ1) is 17.0. The fourth-order valence-corrected chi connectivity index (χ4v) is 3.46. The van der Waals surface area contributed by atoms with E-state index in [2.05, 4.69) is 0 Å². The lowest BCUT2D eigenvalue weighted by Gasteiger charge is -2.26. The summed E-state index contributed by atoms with van der Waals surface area (Å²) >= 11 is 0. The minimum Gasteiger partial charge on any atom is -0.490 e. The van der Waals surface area contributed by atoms with Gasteiger partial charge < -0.3 is 29.0 Å². The predicted molar refractivity (Wildman–Crippen MR) is 137 cm³/mol. The summed E-state index contributed by atoms with van der Waals surface area (Å²) in [5.74, 6) is -0.754. The summed E-state index contributed by atoms with van der Waals surface area (Å²) in [5, 5.41) is 9.87. The number of ether oxygens (including phenoxy) is 4. The quantitative estimate of drug-likeness (QED) is 0.305. The molecule has 3 aromatic carbocycles. The molecule has 0 aromatic heterocycles. The number of carboxylic acids is 1. The summed E-state index contributed by atoms with van der Waals surface area (Å²) in [6, 6.07) is 21.4. The highest BCUT2D eigenvalue weighted by Crippen LogP contribution is 2.37. The molecule has 3 rings (SSSR count). The molecule has 0 fully saturated rings. The number of hydrogen-bond donors (Lipinski definition) is 1. The molecule has 0 saturated carbocycles. The Morgan fingerprint density at radius 1 is 0.714 bits per heavy atom. The molecular formula is C28H33NO6. The van der Waals surface area contributed by atoms with Gasteiger partial charge in [0.25, 0.3) is 0 Å². The Morgan fingerprint density at radius 2 is 1.20 bits per heavy atom. The molecule has 35 heavy (non-hydrogen) atoms. The number of carboxylic acid groups (broad SMARTS) is 1. The summed E-state index contributed by atoms with van der Waals surface area (Å²) in [6.45, 7) is 6.59. The van der Waals surface area contributed by atoms with Crippen LogP contribution in [0.4, 0.5) is 17.1 Å². The summed E-state index contributed by atoms with van der Waals surface area (Å²) < 4.78 is 21.5. The third kappa shape index (κ3) is 7.82. The van der Waals surface area contributed by atoms with Crippen LogP contribution in [-0.2, 0) is 14.2 Å². The van der Waals surface area contributed by atoms with E-state index >= 15 is 0 Å². The number of hydrogen-bond acceptors (Lipinski definition) is 6. The van der Waals surface area contributed by atoms with E-state index in [4.69, 9.17) is 18.9 Å². The largest absolute Gasteiger partial charge is 0.490 e. The van der Waals surface area contributed by atoms with Gasteiger partial charge in [0.15, 0.2) is 0 Å². The number of aryl methyl sites for hydroxylation is 2. The van der Waals surface area contributed by atoms with Gasteiger partial charge in [0.05, 0.1) is 33.0 Å². The van der Waals surface area contributed by atoms with Crippen LogP contribution in [0.15, 0.2) is 66.7 Å². The molecule has 0 bridgehead atoms. The van der Waals surface area contributed by atoms with Crippen molar-refractivity contribution in [3.63, 3.8) is 0 Å². The molecule has 0 radical (unpaired) electrons. The maximum atomic E-state index is 12.1. The lowest BCUT2D eigenvalue weighted by Crippen LogP contribution is -2.14. The average Bonchev–Trinajstić information content (AvgIpc) is 2.86. The second-order valence-corrected chi connectivity index (χ2v) is 8.06. The molecule has 0 aliphatic carbocycles. The van der Waals surface area contributed by atoms with Gasteiger partial charge in [-0.05, 0) is 56.3 Å². The predicted octanol–water partition coefficient (Wildman–Crippen LogP) is 5.53. The van der Waals surface area contributed by atoms with Crippen molar-refractivity contribution in [2.24, 2.45) is 0 Å². The van der Waals surface area contributed by atoms with Crippen molar-refractivity contribution in [2.75, 3.05) is 51.7 Å². The average molecular weight is 480 g/mol. The number of aromatic carboxylic acids is 1. The summed E-state index contributed by atoms with van der Waals surface area (Å²) in [6.07, 6.45) is 0. The SMILES string of the molecule is COCCOCCOCCOc1ccc(N(c2ccc(C)cc2)c2ccc(C)cc2)cc1C(=O)O. The van der Waals surface area contributed by atoms with Crippen LogP contribution in [0.5, 0.6) is 5.75 Å². The molecule has 0 spiro atoms. The third-order valence-corrected chi connectivity index (χ3v) is 5.33. The van der Waals surface area contributed by atoms with Crippen LogP contribution in [-0.4, -0.2) is 57.8 Å². The van der Waals surface area contributed by atoms with E-state index < -0.39 is 5.97 Å². The number of anilines is 3. The molecule has 0 unspecified atom stereocenters. The van der Waals surface area contributed by atoms with Gasteiger partial charge in [-0.15, -0.1) is 0 Å². The molecule has 0 aliphatic heterocycles. The Balaban J connectivity index is 1.74. The molecule has 0 atom stereocenters. The van der Waals surface area contributed by atoms with E-state index in [9.17, 15) is 9.90 Å². The van der Waals surface area contributed by atoms with Crippen LogP contribution < -0.4 is 9.64 Å². The van der Waals surface area contributed by atoms with E-state index in [0.29, 0.717) is 38.8 Å². The monoisotopic (exact) mass is 479 g/mol. The van der Waals surface area contributed by atoms with Gasteiger partial charge in [0.1, 0.15) is 17.9 Å². The highest BCUT2D eigenvalue weighted by molar-refractivity contribution is 5.93. The zero-order valence-corrected chi connectivity index (χ0v) is 20.5. The standard InChI is InChI=1S/C28H33NO6/c1-21-4-8-23(9-5-21)29(24-10-6-22(2)7-11-24)25-12-13-27(26(20-25)28(30)31)35-19-18-34-17-16-33-15-14-32-3/h4-13,20H,14-19H2,1-3H3,(H,30,31). The number of nitrogens with zero attached hydrogens (tertiary/aromatic N) is 1. The first kappa shape index (κ1) is 26.2. The zero-order valence-electron chi connectivity index (χ0n) is 20.5. The Morgan fingerprint density at radius 3 is 1.71 bits per heavy atom. The second-order valence-electron chi connectivity index (χ2n) is 8.06. The van der Waals surface area contributed by atoms with Crippen molar-refractivity contribution < 1.29 is 28.8 Å². The van der Waals surface area contributed by atoms with E-state index in [1.54, 1.807) is 19.2 Å². The van der Waals surface area contributed by atoms with Crippen molar-refractivity contribution in [3.05, 3.63) is 83.4 Å². The fourth-order valence-electron chi connectivity index (χ4n) is 3.46. The highest BCUT2D eigenvalue weighted by atomic mass is 16.6. The Bertz CT molecular complexity index is 1020. The highest BCUT2D eigenvalue weighted by Gasteiger charge is 2.18. The van der Waals surface area contributed by atoms with Crippen molar-refractivity contribution in [1.29, 1.82) is 0 Å². The number of carbonyl (C=O) groups is 1. The van der Waals surface area contributed by atoms with E-state index in [1.807, 2.05) is 73.3 Å². The molecular weight excluding hydrogens is 446 g/mol. The lowest BCUT2D eigenvalue weighted by molar-refractivity contribution is 0.0178. The summed E-state index contributed by atoms with van der Waals surface area (Å²) in [4.78, 5) is 14.1. The molecule has 0 heterocycles.